The summed E-state index contributed by atoms with van der Waals surface area (Å²) in [6.45, 7) is 16.7. The van der Waals surface area contributed by atoms with Crippen LogP contribution < -0.4 is 10.9 Å². The average Bonchev–Trinajstić information content (AvgIpc) is 3.77. The van der Waals surface area contributed by atoms with Crippen LogP contribution >= 0.6 is 0 Å². The van der Waals surface area contributed by atoms with Gasteiger partial charge in [0.05, 0.1) is 5.39 Å². The van der Waals surface area contributed by atoms with E-state index in [9.17, 15) is 0 Å². The summed E-state index contributed by atoms with van der Waals surface area (Å²) in [5.74, 6) is 0.388. The van der Waals surface area contributed by atoms with Gasteiger partial charge in [0.25, 0.3) is 0 Å². The van der Waals surface area contributed by atoms with Crippen LogP contribution in [0.1, 0.15) is 98.8 Å². The van der Waals surface area contributed by atoms with Crippen molar-refractivity contribution in [3.63, 3.8) is 0 Å². The second-order valence-electron chi connectivity index (χ2n) is 18.1. The minimum Gasteiger partial charge on any atom is -0.456 e. The zero-order valence-electron chi connectivity index (χ0n) is 31.7. The predicted molar refractivity (Wildman–Crippen MR) is 222 cm³/mol. The molecular formula is C49H44BNO2. The van der Waals surface area contributed by atoms with Gasteiger partial charge in [-0.3, -0.25) is 4.57 Å². The van der Waals surface area contributed by atoms with Crippen LogP contribution in [0.25, 0.3) is 55.8 Å². The summed E-state index contributed by atoms with van der Waals surface area (Å²) in [5.41, 5.74) is 19.3. The van der Waals surface area contributed by atoms with E-state index in [4.69, 9.17) is 8.83 Å². The monoisotopic (exact) mass is 689 g/mol. The summed E-state index contributed by atoms with van der Waals surface area (Å²) in [5, 5.41) is 4.84. The van der Waals surface area contributed by atoms with Crippen LogP contribution in [0.3, 0.4) is 0 Å². The van der Waals surface area contributed by atoms with E-state index in [1.165, 1.54) is 82.8 Å². The molecule has 0 saturated carbocycles. The number of aryl methyl sites for hydroxylation is 1. The first kappa shape index (κ1) is 31.3. The SMILES string of the molecule is Cc1cc2c3c(c1)-n1c4c(c5c6ccccc6oc51)C=C(C(C)(C)C)CC4B3c1ccc(C(C)(C)C)cc1C(c1cccc3c1oc1ccccc13)C2. The van der Waals surface area contributed by atoms with Gasteiger partial charge in [0, 0.05) is 44.6 Å². The molecule has 0 saturated heterocycles. The van der Waals surface area contributed by atoms with Gasteiger partial charge >= 0.3 is 0 Å². The van der Waals surface area contributed by atoms with E-state index in [1.54, 1.807) is 0 Å². The Morgan fingerprint density at radius 1 is 0.698 bits per heavy atom. The highest BCUT2D eigenvalue weighted by Gasteiger charge is 2.48. The first-order valence-corrected chi connectivity index (χ1v) is 19.4. The normalized spacial score (nSPS) is 18.0. The van der Waals surface area contributed by atoms with Crippen molar-refractivity contribution in [1.29, 1.82) is 0 Å². The highest BCUT2D eigenvalue weighted by molar-refractivity contribution is 6.88. The fourth-order valence-corrected chi connectivity index (χ4v) is 10.3. The molecule has 0 fully saturated rings. The van der Waals surface area contributed by atoms with Crippen molar-refractivity contribution in [3.05, 3.63) is 142 Å². The molecule has 3 aliphatic rings. The molecule has 2 aliphatic heterocycles. The van der Waals surface area contributed by atoms with Crippen LogP contribution in [-0.4, -0.2) is 11.3 Å². The Balaban J connectivity index is 1.26. The Morgan fingerprint density at radius 2 is 1.43 bits per heavy atom. The zero-order valence-corrected chi connectivity index (χ0v) is 31.7. The minimum absolute atomic E-state index is 0.0127. The number of hydrogen-bond acceptors (Lipinski definition) is 2. The largest absolute Gasteiger partial charge is 0.456 e. The smallest absolute Gasteiger partial charge is 0.222 e. The third-order valence-electron chi connectivity index (χ3n) is 12.9. The lowest BCUT2D eigenvalue weighted by Crippen LogP contribution is -2.54. The molecule has 0 bridgehead atoms. The average molecular weight is 690 g/mol. The topological polar surface area (TPSA) is 31.2 Å². The summed E-state index contributed by atoms with van der Waals surface area (Å²) >= 11 is 0. The number of allylic oxidation sites excluding steroid dienone is 1. The fourth-order valence-electron chi connectivity index (χ4n) is 10.3. The van der Waals surface area contributed by atoms with Crippen LogP contribution in [-0.2, 0) is 11.8 Å². The molecule has 8 aromatic rings. The van der Waals surface area contributed by atoms with Crippen LogP contribution in [0.2, 0.25) is 0 Å². The van der Waals surface area contributed by atoms with E-state index < -0.39 is 0 Å². The molecule has 3 aromatic heterocycles. The predicted octanol–water partition coefficient (Wildman–Crippen LogP) is 11.6. The van der Waals surface area contributed by atoms with E-state index in [1.807, 2.05) is 0 Å². The highest BCUT2D eigenvalue weighted by atomic mass is 16.3. The van der Waals surface area contributed by atoms with Gasteiger partial charge in [-0.1, -0.05) is 138 Å². The number of nitrogens with zero attached hydrogens (tertiary/aromatic N) is 1. The van der Waals surface area contributed by atoms with Crippen molar-refractivity contribution >= 4 is 67.7 Å². The molecule has 11 rings (SSSR count). The molecule has 5 heterocycles. The molecule has 4 heteroatoms. The van der Waals surface area contributed by atoms with Gasteiger partial charge in [-0.05, 0) is 82.3 Å². The van der Waals surface area contributed by atoms with Gasteiger partial charge in [0.2, 0.25) is 12.4 Å². The van der Waals surface area contributed by atoms with Crippen molar-refractivity contribution < 1.29 is 8.83 Å². The van der Waals surface area contributed by atoms with Gasteiger partial charge in [0.15, 0.2) is 0 Å². The number of rotatable bonds is 1. The van der Waals surface area contributed by atoms with Crippen molar-refractivity contribution in [2.24, 2.45) is 5.41 Å². The molecular weight excluding hydrogens is 645 g/mol. The summed E-state index contributed by atoms with van der Waals surface area (Å²) in [4.78, 5) is 0. The van der Waals surface area contributed by atoms with Gasteiger partial charge in [0.1, 0.15) is 16.7 Å². The molecule has 0 spiro atoms. The second kappa shape index (κ2) is 10.5. The Morgan fingerprint density at radius 3 is 2.21 bits per heavy atom. The molecule has 0 N–H and O–H groups in total. The summed E-state index contributed by atoms with van der Waals surface area (Å²) in [6.07, 6.45) is 4.45. The van der Waals surface area contributed by atoms with E-state index in [0.29, 0.717) is 0 Å². The van der Waals surface area contributed by atoms with Crippen molar-refractivity contribution in [1.82, 2.24) is 4.57 Å². The summed E-state index contributed by atoms with van der Waals surface area (Å²) < 4.78 is 16.2. The minimum atomic E-state index is 0.0127. The van der Waals surface area contributed by atoms with E-state index in [2.05, 4.69) is 156 Å². The molecule has 2 unspecified atom stereocenters. The van der Waals surface area contributed by atoms with Crippen LogP contribution in [0, 0.1) is 12.3 Å². The number of fused-ring (bicyclic) bond motifs is 12. The number of furan rings is 2. The molecule has 260 valence electrons. The Kier molecular flexibility index (Phi) is 6.19. The maximum absolute atomic E-state index is 6.90. The molecule has 3 nitrogen and oxygen atoms in total. The number of para-hydroxylation sites is 3. The molecule has 1 aliphatic carbocycles. The summed E-state index contributed by atoms with van der Waals surface area (Å²) in [7, 11) is 0. The Bertz CT molecular complexity index is 2900. The standard InChI is InChI=1S/C49H44BNO2/c1-27-21-28-23-35(33-16-12-15-32-31-13-8-10-17-41(31)52-46(32)33)36-24-29(48(2,3)4)19-20-38(36)50-39-26-30(49(5,6)7)25-37-43-34-14-9-11-18-42(34)53-47(43)51(45(37)39)40(22-27)44(28)50/h8-22,24-25,35,39H,23,26H2,1-7H3. The van der Waals surface area contributed by atoms with Crippen LogP contribution in [0.15, 0.2) is 111 Å². The quantitative estimate of drug-likeness (QED) is 0.161. The summed E-state index contributed by atoms with van der Waals surface area (Å²) in [6, 6.07) is 36.3. The maximum atomic E-state index is 6.90. The lowest BCUT2D eigenvalue weighted by atomic mass is 9.29. The highest BCUT2D eigenvalue weighted by Crippen LogP contribution is 2.52. The van der Waals surface area contributed by atoms with Crippen LogP contribution in [0.5, 0.6) is 0 Å². The molecule has 0 amide bonds. The van der Waals surface area contributed by atoms with Gasteiger partial charge in [-0.25, -0.2) is 0 Å². The van der Waals surface area contributed by atoms with Crippen LogP contribution in [0.4, 0.5) is 0 Å². The van der Waals surface area contributed by atoms with E-state index >= 15 is 0 Å². The number of hydrogen-bond donors (Lipinski definition) is 0. The second-order valence-corrected chi connectivity index (χ2v) is 18.1. The van der Waals surface area contributed by atoms with Crippen molar-refractivity contribution in [3.8, 4) is 5.69 Å². The van der Waals surface area contributed by atoms with Gasteiger partial charge in [-0.2, -0.15) is 0 Å². The third kappa shape index (κ3) is 4.30. The molecule has 53 heavy (non-hydrogen) atoms. The zero-order chi connectivity index (χ0) is 36.1. The Hall–Kier alpha value is -5.22. The van der Waals surface area contributed by atoms with Crippen molar-refractivity contribution in [2.45, 2.75) is 78.5 Å². The third-order valence-corrected chi connectivity index (χ3v) is 12.9. The number of benzene rings is 5. The molecule has 2 atom stereocenters. The molecule has 5 aromatic carbocycles. The maximum Gasteiger partial charge on any atom is 0.222 e. The van der Waals surface area contributed by atoms with Gasteiger partial charge in [-0.15, -0.1) is 0 Å². The molecule has 0 radical (unpaired) electrons. The first-order chi connectivity index (χ1) is 25.5. The lowest BCUT2D eigenvalue weighted by molar-refractivity contribution is 0.478. The first-order valence-electron chi connectivity index (χ1n) is 19.4. The number of aromatic nitrogens is 1. The van der Waals surface area contributed by atoms with E-state index in [-0.39, 0.29) is 29.3 Å². The van der Waals surface area contributed by atoms with Gasteiger partial charge < -0.3 is 8.83 Å². The Labute approximate surface area is 311 Å². The fraction of sp³-hybridized carbons (Fsp3) is 0.265. The lowest BCUT2D eigenvalue weighted by Gasteiger charge is -2.40. The van der Waals surface area contributed by atoms with Crippen molar-refractivity contribution in [2.75, 3.05) is 0 Å². The van der Waals surface area contributed by atoms with E-state index in [0.717, 1.165) is 35.3 Å².